The van der Waals surface area contributed by atoms with Crippen molar-refractivity contribution in [3.8, 4) is 11.8 Å². The molecule has 0 aromatic heterocycles. The van der Waals surface area contributed by atoms with Gasteiger partial charge in [0.1, 0.15) is 11.8 Å². The van der Waals surface area contributed by atoms with Gasteiger partial charge in [-0.25, -0.2) is 0 Å². The number of halogens is 1. The number of carbonyl (C=O) groups is 1. The lowest BCUT2D eigenvalue weighted by atomic mass is 10.2. The number of aliphatic imine (C=N–C) groups is 1. The number of hydrogen-bond acceptors (Lipinski definition) is 4. The average molecular weight is 398 g/mol. The van der Waals surface area contributed by atoms with Gasteiger partial charge in [-0.1, -0.05) is 18.2 Å². The third-order valence-electron chi connectivity index (χ3n) is 3.99. The second kappa shape index (κ2) is 7.49. The summed E-state index contributed by atoms with van der Waals surface area (Å²) < 4.78 is 5.90. The van der Waals surface area contributed by atoms with Crippen molar-refractivity contribution in [1.82, 2.24) is 4.90 Å². The van der Waals surface area contributed by atoms with Crippen LogP contribution in [0.2, 0.25) is 0 Å². The summed E-state index contributed by atoms with van der Waals surface area (Å²) in [5, 5.41) is 9.23. The van der Waals surface area contributed by atoms with Gasteiger partial charge in [0.25, 0.3) is 0 Å². The first-order valence-electron chi connectivity index (χ1n) is 7.76. The van der Waals surface area contributed by atoms with E-state index in [1.165, 1.54) is 0 Å². The van der Waals surface area contributed by atoms with Gasteiger partial charge in [-0.2, -0.15) is 5.26 Å². The molecule has 1 aliphatic rings. The molecule has 0 unspecified atom stereocenters. The third-order valence-corrected chi connectivity index (χ3v) is 4.63. The van der Waals surface area contributed by atoms with Crippen molar-refractivity contribution in [3.63, 3.8) is 0 Å². The summed E-state index contributed by atoms with van der Waals surface area (Å²) in [5.74, 6) is 0.830. The molecule has 1 amide bonds. The molecule has 1 heterocycles. The summed E-state index contributed by atoms with van der Waals surface area (Å²) >= 11 is 3.42. The first-order valence-corrected chi connectivity index (χ1v) is 8.55. The highest BCUT2D eigenvalue weighted by atomic mass is 79.9. The maximum Gasteiger partial charge on any atom is 0.228 e. The first-order chi connectivity index (χ1) is 12.1. The topological polar surface area (TPSA) is 65.7 Å². The van der Waals surface area contributed by atoms with E-state index in [2.05, 4.69) is 27.0 Å². The molecule has 6 heteroatoms. The molecular weight excluding hydrogens is 382 g/mol. The van der Waals surface area contributed by atoms with Crippen LogP contribution in [0.4, 0.5) is 5.69 Å². The number of para-hydroxylation sites is 1. The fourth-order valence-electron chi connectivity index (χ4n) is 2.70. The van der Waals surface area contributed by atoms with Crippen LogP contribution >= 0.6 is 15.9 Å². The van der Waals surface area contributed by atoms with E-state index in [1.54, 1.807) is 24.1 Å². The zero-order valence-electron chi connectivity index (χ0n) is 13.7. The normalized spacial score (nSPS) is 15.5. The molecule has 0 atom stereocenters. The van der Waals surface area contributed by atoms with Crippen LogP contribution in [-0.2, 0) is 11.3 Å². The van der Waals surface area contributed by atoms with Gasteiger partial charge in [0, 0.05) is 16.7 Å². The molecule has 0 saturated carbocycles. The monoisotopic (exact) mass is 397 g/mol. The van der Waals surface area contributed by atoms with E-state index in [0.29, 0.717) is 24.3 Å². The molecule has 0 bridgehead atoms. The van der Waals surface area contributed by atoms with E-state index in [9.17, 15) is 10.1 Å². The molecular formula is C19H16BrN3O2. The number of ether oxygens (including phenoxy) is 1. The van der Waals surface area contributed by atoms with Crippen molar-refractivity contribution in [3.05, 3.63) is 58.1 Å². The number of amides is 1. The molecule has 3 rings (SSSR count). The minimum atomic E-state index is 0.0418. The smallest absolute Gasteiger partial charge is 0.228 e. The Bertz CT molecular complexity index is 869. The highest BCUT2D eigenvalue weighted by molar-refractivity contribution is 9.10. The highest BCUT2D eigenvalue weighted by Crippen LogP contribution is 2.30. The van der Waals surface area contributed by atoms with Gasteiger partial charge in [0.15, 0.2) is 0 Å². The lowest BCUT2D eigenvalue weighted by molar-refractivity contribution is -0.128. The van der Waals surface area contributed by atoms with Crippen molar-refractivity contribution in [2.75, 3.05) is 13.7 Å². The Morgan fingerprint density at radius 1 is 1.28 bits per heavy atom. The van der Waals surface area contributed by atoms with Crippen molar-refractivity contribution in [2.24, 2.45) is 4.99 Å². The van der Waals surface area contributed by atoms with Gasteiger partial charge in [0.2, 0.25) is 5.91 Å². The number of hydrogen-bond donors (Lipinski definition) is 0. The number of nitriles is 1. The van der Waals surface area contributed by atoms with Crippen molar-refractivity contribution < 1.29 is 9.53 Å². The second-order valence-electron chi connectivity index (χ2n) is 5.70. The van der Waals surface area contributed by atoms with Crippen molar-refractivity contribution in [1.29, 1.82) is 5.26 Å². The van der Waals surface area contributed by atoms with E-state index in [4.69, 9.17) is 4.74 Å². The lowest BCUT2D eigenvalue weighted by Crippen LogP contribution is -2.24. The second-order valence-corrected chi connectivity index (χ2v) is 6.55. The average Bonchev–Trinajstić information content (AvgIpc) is 2.96. The Labute approximate surface area is 154 Å². The van der Waals surface area contributed by atoms with Crippen LogP contribution in [0.3, 0.4) is 0 Å². The maximum atomic E-state index is 12.3. The molecule has 0 spiro atoms. The molecule has 2 aromatic carbocycles. The Balaban J connectivity index is 1.77. The fourth-order valence-corrected chi connectivity index (χ4v) is 3.15. The number of likely N-dealkylation sites (tertiary alicyclic amines) is 1. The van der Waals surface area contributed by atoms with Gasteiger partial charge >= 0.3 is 0 Å². The molecule has 126 valence electrons. The summed E-state index contributed by atoms with van der Waals surface area (Å²) in [4.78, 5) is 18.6. The maximum absolute atomic E-state index is 12.3. The molecule has 1 fully saturated rings. The third kappa shape index (κ3) is 3.89. The molecule has 0 aliphatic carbocycles. The van der Waals surface area contributed by atoms with E-state index >= 15 is 0 Å². The van der Waals surface area contributed by atoms with Crippen LogP contribution < -0.4 is 4.74 Å². The summed E-state index contributed by atoms with van der Waals surface area (Å²) in [6.45, 7) is 1.000. The van der Waals surface area contributed by atoms with E-state index < -0.39 is 0 Å². The van der Waals surface area contributed by atoms with Crippen LogP contribution in [-0.4, -0.2) is 30.2 Å². The van der Waals surface area contributed by atoms with Crippen molar-refractivity contribution >= 4 is 33.2 Å². The predicted octanol–water partition coefficient (Wildman–Crippen LogP) is 3.83. The Morgan fingerprint density at radius 3 is 2.72 bits per heavy atom. The van der Waals surface area contributed by atoms with E-state index in [-0.39, 0.29) is 12.3 Å². The standard InChI is InChI=1S/C19H16BrN3O2/c1-25-16-7-5-13(6-8-16)11-23-12-15(9-18(23)24)22-19-14(10-21)3-2-4-17(19)20/h2-8H,9,11-12H2,1H3. The number of carbonyl (C=O) groups excluding carboxylic acids is 1. The Kier molecular flexibility index (Phi) is 5.15. The number of rotatable bonds is 4. The highest BCUT2D eigenvalue weighted by Gasteiger charge is 2.26. The number of benzene rings is 2. The Hall–Kier alpha value is -2.65. The fraction of sp³-hybridized carbons (Fsp3) is 0.211. The van der Waals surface area contributed by atoms with Gasteiger partial charge in [0.05, 0.1) is 31.3 Å². The lowest BCUT2D eigenvalue weighted by Gasteiger charge is -2.15. The zero-order chi connectivity index (χ0) is 17.8. The minimum Gasteiger partial charge on any atom is -0.497 e. The molecule has 5 nitrogen and oxygen atoms in total. The summed E-state index contributed by atoms with van der Waals surface area (Å²) in [6.07, 6.45) is 0.280. The van der Waals surface area contributed by atoms with Gasteiger partial charge in [-0.15, -0.1) is 0 Å². The first kappa shape index (κ1) is 17.2. The molecule has 0 radical (unpaired) electrons. The number of nitrogens with zero attached hydrogens (tertiary/aromatic N) is 3. The predicted molar refractivity (Wildman–Crippen MR) is 99.0 cm³/mol. The molecule has 25 heavy (non-hydrogen) atoms. The minimum absolute atomic E-state index is 0.0418. The van der Waals surface area contributed by atoms with Gasteiger partial charge in [-0.05, 0) is 45.8 Å². The van der Waals surface area contributed by atoms with Crippen LogP contribution in [0, 0.1) is 11.3 Å². The Morgan fingerprint density at radius 2 is 2.04 bits per heavy atom. The molecule has 2 aromatic rings. The summed E-state index contributed by atoms with van der Waals surface area (Å²) in [7, 11) is 1.62. The van der Waals surface area contributed by atoms with Crippen molar-refractivity contribution in [2.45, 2.75) is 13.0 Å². The van der Waals surface area contributed by atoms with Crippen LogP contribution in [0.5, 0.6) is 5.75 Å². The van der Waals surface area contributed by atoms with Crippen LogP contribution in [0.15, 0.2) is 51.9 Å². The molecule has 1 aliphatic heterocycles. The molecule has 1 saturated heterocycles. The van der Waals surface area contributed by atoms with Gasteiger partial charge in [-0.3, -0.25) is 9.79 Å². The summed E-state index contributed by atoms with van der Waals surface area (Å²) in [6, 6.07) is 15.1. The largest absolute Gasteiger partial charge is 0.497 e. The zero-order valence-corrected chi connectivity index (χ0v) is 15.3. The van der Waals surface area contributed by atoms with E-state index in [0.717, 1.165) is 21.5 Å². The van der Waals surface area contributed by atoms with Gasteiger partial charge < -0.3 is 9.64 Å². The SMILES string of the molecule is COc1ccc(CN2CC(=Nc3c(Br)cccc3C#N)CC2=O)cc1. The molecule has 0 N–H and O–H groups in total. The van der Waals surface area contributed by atoms with Crippen LogP contribution in [0.25, 0.3) is 0 Å². The quantitative estimate of drug-likeness (QED) is 0.786. The van der Waals surface area contributed by atoms with Crippen LogP contribution in [0.1, 0.15) is 17.5 Å². The number of methoxy groups -OCH3 is 1. The van der Waals surface area contributed by atoms with E-state index in [1.807, 2.05) is 30.3 Å². The summed E-state index contributed by atoms with van der Waals surface area (Å²) in [5.41, 5.74) is 2.87.